The van der Waals surface area contributed by atoms with E-state index in [0.29, 0.717) is 11.6 Å². The predicted molar refractivity (Wildman–Crippen MR) is 97.2 cm³/mol. The lowest BCUT2D eigenvalue weighted by Crippen LogP contribution is -2.12. The van der Waals surface area contributed by atoms with Crippen LogP contribution in [0.2, 0.25) is 0 Å². The number of thiazole rings is 1. The van der Waals surface area contributed by atoms with Crippen molar-refractivity contribution in [3.05, 3.63) is 53.6 Å². The van der Waals surface area contributed by atoms with Gasteiger partial charge in [-0.05, 0) is 36.2 Å². The number of hydrogen-bond donors (Lipinski definition) is 2. The van der Waals surface area contributed by atoms with Crippen LogP contribution in [0.1, 0.15) is 18.9 Å². The van der Waals surface area contributed by atoms with Crippen LogP contribution in [0.15, 0.2) is 36.4 Å². The van der Waals surface area contributed by atoms with Gasteiger partial charge < -0.3 is 10.6 Å². The molecule has 8 heteroatoms. The molecule has 0 saturated heterocycles. The number of rotatable bonds is 5. The molecule has 0 bridgehead atoms. The highest BCUT2D eigenvalue weighted by Crippen LogP contribution is 2.27. The number of fused-ring (bicyclic) bond motifs is 1. The van der Waals surface area contributed by atoms with Crippen LogP contribution < -0.4 is 10.6 Å². The third-order valence-corrected chi connectivity index (χ3v) is 4.51. The number of benzene rings is 2. The Balaban J connectivity index is 1.62. The molecule has 0 aliphatic rings. The minimum Gasteiger partial charge on any atom is -0.326 e. The van der Waals surface area contributed by atoms with Gasteiger partial charge in [0.15, 0.2) is 16.8 Å². The first-order valence-corrected chi connectivity index (χ1v) is 8.64. The minimum absolute atomic E-state index is 0.182. The molecule has 1 heterocycles. The van der Waals surface area contributed by atoms with Crippen LogP contribution in [0.3, 0.4) is 0 Å². The zero-order valence-corrected chi connectivity index (χ0v) is 14.6. The van der Waals surface area contributed by atoms with Gasteiger partial charge in [0.2, 0.25) is 11.8 Å². The van der Waals surface area contributed by atoms with Crippen LogP contribution in [0.25, 0.3) is 10.2 Å². The number of hydrogen-bond acceptors (Lipinski definition) is 4. The van der Waals surface area contributed by atoms with E-state index < -0.39 is 11.6 Å². The van der Waals surface area contributed by atoms with Crippen LogP contribution >= 0.6 is 11.3 Å². The van der Waals surface area contributed by atoms with Crippen LogP contribution in [-0.4, -0.2) is 16.8 Å². The average molecular weight is 375 g/mol. The van der Waals surface area contributed by atoms with Crippen molar-refractivity contribution in [3.63, 3.8) is 0 Å². The Morgan fingerprint density at radius 1 is 1.08 bits per heavy atom. The summed E-state index contributed by atoms with van der Waals surface area (Å²) >= 11 is 1.36. The van der Waals surface area contributed by atoms with Crippen LogP contribution in [0.4, 0.5) is 19.6 Å². The molecule has 2 aromatic carbocycles. The fraction of sp³-hybridized carbons (Fsp3) is 0.167. The normalized spacial score (nSPS) is 10.7. The summed E-state index contributed by atoms with van der Waals surface area (Å²) in [6, 6.07) is 8.84. The van der Waals surface area contributed by atoms with Crippen molar-refractivity contribution in [1.29, 1.82) is 0 Å². The van der Waals surface area contributed by atoms with E-state index in [1.807, 2.05) is 18.2 Å². The zero-order chi connectivity index (χ0) is 18.7. The van der Waals surface area contributed by atoms with Gasteiger partial charge in [0.05, 0.1) is 10.2 Å². The fourth-order valence-electron chi connectivity index (χ4n) is 2.38. The van der Waals surface area contributed by atoms with Gasteiger partial charge >= 0.3 is 0 Å². The molecule has 0 saturated carbocycles. The Morgan fingerprint density at radius 2 is 1.88 bits per heavy atom. The number of anilines is 2. The van der Waals surface area contributed by atoms with Crippen LogP contribution in [0.5, 0.6) is 0 Å². The second-order valence-electron chi connectivity index (χ2n) is 5.68. The average Bonchev–Trinajstić information content (AvgIpc) is 2.97. The van der Waals surface area contributed by atoms with E-state index in [9.17, 15) is 18.4 Å². The van der Waals surface area contributed by atoms with Crippen LogP contribution in [0, 0.1) is 11.6 Å². The number of carbonyl (C=O) groups excluding carboxylic acids is 2. The number of aromatic nitrogens is 1. The number of carbonyl (C=O) groups is 2. The monoisotopic (exact) mass is 375 g/mol. The molecule has 0 aliphatic heterocycles. The third kappa shape index (κ3) is 4.40. The Hall–Kier alpha value is -2.87. The van der Waals surface area contributed by atoms with Gasteiger partial charge in [-0.15, -0.1) is 0 Å². The third-order valence-electron chi connectivity index (χ3n) is 3.58. The predicted octanol–water partition coefficient (Wildman–Crippen LogP) is 4.10. The lowest BCUT2D eigenvalue weighted by atomic mass is 10.1. The second-order valence-corrected chi connectivity index (χ2v) is 6.71. The van der Waals surface area contributed by atoms with E-state index in [0.717, 1.165) is 27.9 Å². The Kier molecular flexibility index (Phi) is 5.22. The highest BCUT2D eigenvalue weighted by molar-refractivity contribution is 7.22. The first-order valence-electron chi connectivity index (χ1n) is 7.82. The van der Waals surface area contributed by atoms with E-state index in [1.165, 1.54) is 24.3 Å². The molecule has 2 amide bonds. The van der Waals surface area contributed by atoms with Gasteiger partial charge in [0.1, 0.15) is 0 Å². The molecule has 3 rings (SSSR count). The van der Waals surface area contributed by atoms with E-state index in [-0.39, 0.29) is 23.9 Å². The zero-order valence-electron chi connectivity index (χ0n) is 13.8. The van der Waals surface area contributed by atoms with E-state index in [2.05, 4.69) is 15.6 Å². The van der Waals surface area contributed by atoms with Gasteiger partial charge in [0, 0.05) is 25.1 Å². The van der Waals surface area contributed by atoms with Crippen molar-refractivity contribution >= 4 is 44.2 Å². The van der Waals surface area contributed by atoms with Crippen LogP contribution in [-0.2, 0) is 16.0 Å². The Labute approximate surface area is 152 Å². The number of nitrogens with zero attached hydrogens (tertiary/aromatic N) is 1. The summed E-state index contributed by atoms with van der Waals surface area (Å²) in [7, 11) is 0. The van der Waals surface area contributed by atoms with Crippen molar-refractivity contribution < 1.29 is 18.4 Å². The fourth-order valence-corrected chi connectivity index (χ4v) is 3.36. The van der Waals surface area contributed by atoms with Crippen molar-refractivity contribution in [1.82, 2.24) is 4.98 Å². The maximum Gasteiger partial charge on any atom is 0.224 e. The number of halogens is 2. The number of amides is 2. The van der Waals surface area contributed by atoms with Gasteiger partial charge in [0.25, 0.3) is 0 Å². The lowest BCUT2D eigenvalue weighted by Gasteiger charge is -2.06. The molecule has 1 aromatic heterocycles. The molecule has 0 fully saturated rings. The first-order chi connectivity index (χ1) is 12.4. The summed E-state index contributed by atoms with van der Waals surface area (Å²) in [5.41, 5.74) is 1.93. The van der Waals surface area contributed by atoms with Gasteiger partial charge in [-0.25, -0.2) is 13.8 Å². The minimum atomic E-state index is -1.01. The number of aryl methyl sites for hydroxylation is 1. The Morgan fingerprint density at radius 3 is 2.62 bits per heavy atom. The molecule has 0 atom stereocenters. The standard InChI is InChI=1S/C18H15F2N3O2S/c1-10(24)21-18-23-15-6-2-11(8-16(15)26-18)3-7-17(25)22-12-4-5-13(19)14(20)9-12/h2,4-6,8-9H,3,7H2,1H3,(H,22,25)(H,21,23,24). The SMILES string of the molecule is CC(=O)Nc1nc2ccc(CCC(=O)Nc3ccc(F)c(F)c3)cc2s1. The van der Waals surface area contributed by atoms with Crippen molar-refractivity contribution in [2.75, 3.05) is 10.6 Å². The molecule has 0 aliphatic carbocycles. The summed E-state index contributed by atoms with van der Waals surface area (Å²) in [5, 5.41) is 5.72. The summed E-state index contributed by atoms with van der Waals surface area (Å²) in [5.74, 6) is -2.44. The molecule has 0 unspecified atom stereocenters. The van der Waals surface area contributed by atoms with Crippen molar-refractivity contribution in [2.45, 2.75) is 19.8 Å². The highest BCUT2D eigenvalue weighted by atomic mass is 32.1. The Bertz CT molecular complexity index is 988. The van der Waals surface area contributed by atoms with Crippen molar-refractivity contribution in [3.8, 4) is 0 Å². The van der Waals surface area contributed by atoms with Gasteiger partial charge in [-0.2, -0.15) is 0 Å². The molecule has 26 heavy (non-hydrogen) atoms. The molecular weight excluding hydrogens is 360 g/mol. The van der Waals surface area contributed by atoms with Gasteiger partial charge in [-0.3, -0.25) is 9.59 Å². The van der Waals surface area contributed by atoms with E-state index in [1.54, 1.807) is 0 Å². The molecule has 2 N–H and O–H groups in total. The molecule has 3 aromatic rings. The summed E-state index contributed by atoms with van der Waals surface area (Å²) in [4.78, 5) is 27.4. The maximum absolute atomic E-state index is 13.2. The van der Waals surface area contributed by atoms with E-state index in [4.69, 9.17) is 0 Å². The summed E-state index contributed by atoms with van der Waals surface area (Å²) in [6.07, 6.45) is 0.681. The largest absolute Gasteiger partial charge is 0.326 e. The molecule has 0 spiro atoms. The molecule has 5 nitrogen and oxygen atoms in total. The van der Waals surface area contributed by atoms with E-state index >= 15 is 0 Å². The van der Waals surface area contributed by atoms with Gasteiger partial charge in [-0.1, -0.05) is 17.4 Å². The topological polar surface area (TPSA) is 71.1 Å². The quantitative estimate of drug-likeness (QED) is 0.705. The lowest BCUT2D eigenvalue weighted by molar-refractivity contribution is -0.116. The van der Waals surface area contributed by atoms with Crippen molar-refractivity contribution in [2.24, 2.45) is 0 Å². The highest BCUT2D eigenvalue weighted by Gasteiger charge is 2.09. The summed E-state index contributed by atoms with van der Waals surface area (Å²) < 4.78 is 27.0. The number of nitrogens with one attached hydrogen (secondary N) is 2. The smallest absolute Gasteiger partial charge is 0.224 e. The summed E-state index contributed by atoms with van der Waals surface area (Å²) in [6.45, 7) is 1.42. The molecule has 0 radical (unpaired) electrons. The maximum atomic E-state index is 13.2. The second kappa shape index (κ2) is 7.57. The molecule has 134 valence electrons. The molecular formula is C18H15F2N3O2S. The first kappa shape index (κ1) is 17.9.